The van der Waals surface area contributed by atoms with E-state index in [4.69, 9.17) is 10.6 Å². The standard InChI is InChI=1S/C13H16N4O4/c1-2-3-4-10(13(20)21)15-12(19)9-6-5-8(16-17-14)7-11(9)18/h5-7,10,14H,2-4H2,1H3,(H2-,15,18,19,20,21)/p+1. The van der Waals surface area contributed by atoms with Gasteiger partial charge in [0.25, 0.3) is 5.91 Å². The van der Waals surface area contributed by atoms with Crippen molar-refractivity contribution in [3.8, 4) is 5.75 Å². The average Bonchev–Trinajstić information content (AvgIpc) is 2.43. The van der Waals surface area contributed by atoms with Gasteiger partial charge in [0.1, 0.15) is 17.3 Å². The number of nitrogens with zero attached hydrogens (tertiary/aromatic N) is 2. The van der Waals surface area contributed by atoms with E-state index in [1.54, 1.807) is 0 Å². The Labute approximate surface area is 121 Å². The van der Waals surface area contributed by atoms with Crippen molar-refractivity contribution in [1.82, 2.24) is 10.2 Å². The minimum atomic E-state index is -1.11. The third-order valence-corrected chi connectivity index (χ3v) is 2.84. The molecule has 1 unspecified atom stereocenters. The second kappa shape index (κ2) is 7.76. The Bertz CT molecular complexity index is 582. The van der Waals surface area contributed by atoms with Crippen molar-refractivity contribution in [2.75, 3.05) is 0 Å². The smallest absolute Gasteiger partial charge is 0.326 e. The van der Waals surface area contributed by atoms with Crippen LogP contribution in [-0.2, 0) is 4.79 Å². The van der Waals surface area contributed by atoms with Crippen LogP contribution in [0.15, 0.2) is 23.3 Å². The SMILES string of the molecule is CCCCC(NC(=O)c1ccc(N=[N+]=N)cc1O)C(=O)O. The summed E-state index contributed by atoms with van der Waals surface area (Å²) in [4.78, 5) is 25.9. The highest BCUT2D eigenvalue weighted by molar-refractivity contribution is 5.99. The number of hydrogen-bond donors (Lipinski definition) is 4. The number of phenolic OH excluding ortho intramolecular Hbond substituents is 1. The van der Waals surface area contributed by atoms with E-state index in [-0.39, 0.29) is 17.0 Å². The first-order valence-electron chi connectivity index (χ1n) is 6.43. The highest BCUT2D eigenvalue weighted by Gasteiger charge is 2.21. The molecule has 1 rings (SSSR count). The van der Waals surface area contributed by atoms with Crippen molar-refractivity contribution in [3.05, 3.63) is 23.8 Å². The van der Waals surface area contributed by atoms with Gasteiger partial charge in [-0.05, 0) is 18.6 Å². The number of rotatable bonds is 7. The number of carbonyl (C=O) groups excluding carboxylic acids is 1. The Morgan fingerprint density at radius 1 is 1.48 bits per heavy atom. The van der Waals surface area contributed by atoms with Crippen molar-refractivity contribution < 1.29 is 19.8 Å². The van der Waals surface area contributed by atoms with Gasteiger partial charge in [-0.15, -0.1) is 0 Å². The van der Waals surface area contributed by atoms with E-state index in [0.717, 1.165) is 6.42 Å². The van der Waals surface area contributed by atoms with Crippen molar-refractivity contribution in [3.63, 3.8) is 0 Å². The summed E-state index contributed by atoms with van der Waals surface area (Å²) in [6, 6.07) is 2.88. The van der Waals surface area contributed by atoms with E-state index in [9.17, 15) is 14.7 Å². The summed E-state index contributed by atoms with van der Waals surface area (Å²) in [7, 11) is 0. The molecule has 21 heavy (non-hydrogen) atoms. The molecule has 8 nitrogen and oxygen atoms in total. The number of nitrogens with one attached hydrogen (secondary N) is 2. The van der Waals surface area contributed by atoms with Gasteiger partial charge >= 0.3 is 5.97 Å². The molecule has 0 aliphatic rings. The molecule has 0 saturated heterocycles. The van der Waals surface area contributed by atoms with Crippen molar-refractivity contribution in [2.24, 2.45) is 5.11 Å². The maximum atomic E-state index is 12.0. The summed E-state index contributed by atoms with van der Waals surface area (Å²) in [5.74, 6) is -2.14. The van der Waals surface area contributed by atoms with Crippen LogP contribution in [0, 0.1) is 5.53 Å². The van der Waals surface area contributed by atoms with Gasteiger partial charge in [0.05, 0.1) is 5.56 Å². The van der Waals surface area contributed by atoms with Gasteiger partial charge in [-0.25, -0.2) is 4.79 Å². The molecule has 1 amide bonds. The first-order valence-corrected chi connectivity index (χ1v) is 6.43. The number of amides is 1. The first kappa shape index (κ1) is 16.3. The molecular weight excluding hydrogens is 276 g/mol. The zero-order valence-corrected chi connectivity index (χ0v) is 11.5. The lowest BCUT2D eigenvalue weighted by molar-refractivity contribution is -0.139. The minimum Gasteiger partial charge on any atom is -0.507 e. The second-order valence-electron chi connectivity index (χ2n) is 4.41. The van der Waals surface area contributed by atoms with Crippen molar-refractivity contribution in [2.45, 2.75) is 32.2 Å². The molecule has 0 saturated carbocycles. The minimum absolute atomic E-state index is 0.0540. The second-order valence-corrected chi connectivity index (χ2v) is 4.41. The van der Waals surface area contributed by atoms with Crippen LogP contribution in [0.2, 0.25) is 0 Å². The summed E-state index contributed by atoms with van der Waals surface area (Å²) >= 11 is 0. The number of phenols is 1. The highest BCUT2D eigenvalue weighted by atomic mass is 16.4. The number of unbranched alkanes of at least 4 members (excludes halogenated alkanes) is 1. The van der Waals surface area contributed by atoms with Crippen LogP contribution in [0.1, 0.15) is 36.5 Å². The molecule has 0 aromatic heterocycles. The predicted octanol–water partition coefficient (Wildman–Crippen LogP) is 1.95. The number of benzene rings is 1. The Kier molecular flexibility index (Phi) is 6.03. The largest absolute Gasteiger partial charge is 0.507 e. The summed E-state index contributed by atoms with van der Waals surface area (Å²) < 4.78 is 0. The summed E-state index contributed by atoms with van der Waals surface area (Å²) in [6.07, 6.45) is 1.81. The number of aromatic hydroxyl groups is 1. The molecule has 112 valence electrons. The normalized spacial score (nSPS) is 11.3. The van der Waals surface area contributed by atoms with Crippen LogP contribution < -0.4 is 10.2 Å². The van der Waals surface area contributed by atoms with E-state index in [1.807, 2.05) is 6.92 Å². The maximum absolute atomic E-state index is 12.0. The fourth-order valence-corrected chi connectivity index (χ4v) is 1.73. The monoisotopic (exact) mass is 293 g/mol. The number of carboxylic acids is 1. The molecular formula is C13H17N4O4+. The van der Waals surface area contributed by atoms with Crippen LogP contribution in [0.4, 0.5) is 5.69 Å². The van der Waals surface area contributed by atoms with Gasteiger partial charge in [-0.1, -0.05) is 19.8 Å². The lowest BCUT2D eigenvalue weighted by Crippen LogP contribution is -2.40. The van der Waals surface area contributed by atoms with Crippen molar-refractivity contribution >= 4 is 17.6 Å². The van der Waals surface area contributed by atoms with Gasteiger partial charge in [-0.2, -0.15) is 0 Å². The Hall–Kier alpha value is -2.73. The molecule has 0 heterocycles. The summed E-state index contributed by atoms with van der Waals surface area (Å²) in [6.45, 7) is 1.92. The van der Waals surface area contributed by atoms with Crippen LogP contribution in [0.5, 0.6) is 5.75 Å². The summed E-state index contributed by atoms with van der Waals surface area (Å²) in [5, 5.41) is 24.6. The first-order chi connectivity index (χ1) is 9.99. The lowest BCUT2D eigenvalue weighted by Gasteiger charge is -2.14. The van der Waals surface area contributed by atoms with Crippen LogP contribution >= 0.6 is 0 Å². The highest BCUT2D eigenvalue weighted by Crippen LogP contribution is 2.23. The third-order valence-electron chi connectivity index (χ3n) is 2.84. The number of aliphatic carboxylic acids is 1. The predicted molar refractivity (Wildman–Crippen MR) is 73.5 cm³/mol. The molecule has 0 aliphatic heterocycles. The number of carboxylic acid groups (broad SMARTS) is 1. The molecule has 1 atom stereocenters. The molecule has 0 spiro atoms. The van der Waals surface area contributed by atoms with E-state index >= 15 is 0 Å². The topological polar surface area (TPSA) is 137 Å². The molecule has 1 aromatic carbocycles. The van der Waals surface area contributed by atoms with Crippen molar-refractivity contribution in [1.29, 1.82) is 5.53 Å². The van der Waals surface area contributed by atoms with Crippen LogP contribution in [-0.4, -0.2) is 28.1 Å². The molecule has 0 fully saturated rings. The van der Waals surface area contributed by atoms with E-state index in [0.29, 0.717) is 12.8 Å². The Morgan fingerprint density at radius 2 is 2.19 bits per heavy atom. The molecule has 1 aromatic rings. The Morgan fingerprint density at radius 3 is 2.71 bits per heavy atom. The molecule has 0 aliphatic carbocycles. The van der Waals surface area contributed by atoms with E-state index < -0.39 is 17.9 Å². The lowest BCUT2D eigenvalue weighted by atomic mass is 10.1. The zero-order valence-electron chi connectivity index (χ0n) is 11.5. The molecule has 0 bridgehead atoms. The average molecular weight is 293 g/mol. The van der Waals surface area contributed by atoms with Gasteiger partial charge in [-0.3, -0.25) is 4.79 Å². The maximum Gasteiger partial charge on any atom is 0.326 e. The van der Waals surface area contributed by atoms with Gasteiger partial charge < -0.3 is 15.5 Å². The van der Waals surface area contributed by atoms with Crippen LogP contribution in [0.3, 0.4) is 0 Å². The molecule has 0 radical (unpaired) electrons. The van der Waals surface area contributed by atoms with Gasteiger partial charge in [0.2, 0.25) is 4.91 Å². The zero-order chi connectivity index (χ0) is 15.8. The molecule has 4 N–H and O–H groups in total. The van der Waals surface area contributed by atoms with Gasteiger partial charge in [0.15, 0.2) is 10.8 Å². The fourth-order valence-electron chi connectivity index (χ4n) is 1.73. The fraction of sp³-hybridized carbons (Fsp3) is 0.385. The number of hydrogen-bond acceptors (Lipinski definition) is 5. The summed E-state index contributed by atoms with van der Waals surface area (Å²) in [5.41, 5.74) is 6.75. The van der Waals surface area contributed by atoms with E-state index in [2.05, 4.69) is 15.3 Å². The Balaban J connectivity index is 2.87. The molecule has 8 heteroatoms. The number of carbonyl (C=O) groups is 2. The van der Waals surface area contributed by atoms with Crippen LogP contribution in [0.25, 0.3) is 0 Å². The van der Waals surface area contributed by atoms with E-state index in [1.165, 1.54) is 18.2 Å². The third kappa shape index (κ3) is 4.70. The van der Waals surface area contributed by atoms with Gasteiger partial charge in [0, 0.05) is 6.07 Å². The quantitative estimate of drug-likeness (QED) is 0.451.